The second-order valence-corrected chi connectivity index (χ2v) is 13.2. The summed E-state index contributed by atoms with van der Waals surface area (Å²) in [5.74, 6) is -4.09. The van der Waals surface area contributed by atoms with Crippen LogP contribution in [0.5, 0.6) is 0 Å². The lowest BCUT2D eigenvalue weighted by molar-refractivity contribution is -0.137. The molecule has 1 aliphatic carbocycles. The van der Waals surface area contributed by atoms with Gasteiger partial charge in [0.05, 0.1) is 23.4 Å². The maximum absolute atomic E-state index is 14.6. The zero-order chi connectivity index (χ0) is 30.3. The Bertz CT molecular complexity index is 1590. The summed E-state index contributed by atoms with van der Waals surface area (Å²) in [5, 5.41) is 18.1. The van der Waals surface area contributed by atoms with Gasteiger partial charge in [-0.3, -0.25) is 9.59 Å². The predicted molar refractivity (Wildman–Crippen MR) is 145 cm³/mol. The molecule has 2 aromatic heterocycles. The van der Waals surface area contributed by atoms with E-state index in [4.69, 9.17) is 4.42 Å². The van der Waals surface area contributed by atoms with E-state index in [2.05, 4.69) is 15.2 Å². The highest BCUT2D eigenvalue weighted by Gasteiger charge is 2.57. The van der Waals surface area contributed by atoms with Crippen molar-refractivity contribution < 1.29 is 36.3 Å². The van der Waals surface area contributed by atoms with Crippen molar-refractivity contribution in [1.82, 2.24) is 20.1 Å². The first kappa shape index (κ1) is 30.2. The summed E-state index contributed by atoms with van der Waals surface area (Å²) in [6.07, 6.45) is 2.20. The number of aliphatic carboxylic acids is 1. The summed E-state index contributed by atoms with van der Waals surface area (Å²) < 4.78 is 57.7. The molecular weight excluding hydrogens is 558 g/mol. The first-order valence-electron chi connectivity index (χ1n) is 13.1. The number of halogens is 2. The van der Waals surface area contributed by atoms with Crippen LogP contribution in [0.25, 0.3) is 11.3 Å². The van der Waals surface area contributed by atoms with E-state index in [1.54, 1.807) is 6.07 Å². The number of hydrogen-bond donors (Lipinski definition) is 1. The van der Waals surface area contributed by atoms with Crippen LogP contribution in [0.15, 0.2) is 34.9 Å². The Morgan fingerprint density at radius 2 is 1.83 bits per heavy atom. The molecule has 1 amide bonds. The molecule has 0 fully saturated rings. The smallest absolute Gasteiger partial charge is 0.305 e. The van der Waals surface area contributed by atoms with Gasteiger partial charge >= 0.3 is 5.97 Å². The Morgan fingerprint density at radius 1 is 1.17 bits per heavy atom. The van der Waals surface area contributed by atoms with E-state index in [0.29, 0.717) is 12.1 Å². The van der Waals surface area contributed by atoms with E-state index < -0.39 is 49.9 Å². The van der Waals surface area contributed by atoms with Gasteiger partial charge in [0, 0.05) is 24.8 Å². The Morgan fingerprint density at radius 3 is 2.41 bits per heavy atom. The molecule has 1 N–H and O–H groups in total. The third-order valence-corrected chi connectivity index (χ3v) is 9.15. The van der Waals surface area contributed by atoms with Crippen molar-refractivity contribution >= 4 is 21.7 Å². The van der Waals surface area contributed by atoms with E-state index in [9.17, 15) is 31.9 Å². The third-order valence-electron chi connectivity index (χ3n) is 8.38. The second-order valence-electron chi connectivity index (χ2n) is 11.1. The maximum atomic E-state index is 14.6. The number of rotatable bonds is 10. The fourth-order valence-corrected chi connectivity index (χ4v) is 6.35. The number of benzene rings is 1. The van der Waals surface area contributed by atoms with Crippen LogP contribution >= 0.6 is 0 Å². The van der Waals surface area contributed by atoms with Crippen molar-refractivity contribution in [1.29, 1.82) is 0 Å². The lowest BCUT2D eigenvalue weighted by atomic mass is 9.62. The van der Waals surface area contributed by atoms with Gasteiger partial charge in [-0.2, -0.15) is 10.2 Å². The van der Waals surface area contributed by atoms with Gasteiger partial charge in [0.2, 0.25) is 5.89 Å². The number of sulfone groups is 1. The Hall–Kier alpha value is -3.74. The number of carbonyl (C=O) groups is 2. The van der Waals surface area contributed by atoms with E-state index in [1.807, 2.05) is 27.7 Å². The molecule has 1 aromatic carbocycles. The summed E-state index contributed by atoms with van der Waals surface area (Å²) in [7, 11) is -3.47. The molecule has 2 heterocycles. The Kier molecular flexibility index (Phi) is 8.05. The van der Waals surface area contributed by atoms with Gasteiger partial charge in [0.1, 0.15) is 23.7 Å². The highest BCUT2D eigenvalue weighted by atomic mass is 32.2. The number of fused-ring (bicyclic) bond motifs is 1. The van der Waals surface area contributed by atoms with Crippen molar-refractivity contribution in [2.75, 3.05) is 19.3 Å². The summed E-state index contributed by atoms with van der Waals surface area (Å²) in [6, 6.07) is 5.19. The molecule has 0 aliphatic heterocycles. The SMILES string of the molecule is CC[C@]1(CN(CCC(=O)O)C(=O)c2coc(CS(C)(=O)=O)n2)c2nnc(-c3c(F)cccc3F)cc2[C@H](C)C1(C)C. The molecule has 0 unspecified atom stereocenters. The molecule has 0 radical (unpaired) electrons. The highest BCUT2D eigenvalue weighted by Crippen LogP contribution is 2.60. The van der Waals surface area contributed by atoms with Gasteiger partial charge in [0.25, 0.3) is 5.91 Å². The van der Waals surface area contributed by atoms with Crippen LogP contribution < -0.4 is 0 Å². The van der Waals surface area contributed by atoms with Gasteiger partial charge in [-0.25, -0.2) is 22.2 Å². The molecular formula is C28H32F2N4O6S. The van der Waals surface area contributed by atoms with E-state index in [1.165, 1.54) is 11.0 Å². The van der Waals surface area contributed by atoms with E-state index >= 15 is 0 Å². The van der Waals surface area contributed by atoms with Gasteiger partial charge < -0.3 is 14.4 Å². The molecule has 0 bridgehead atoms. The second kappa shape index (κ2) is 10.9. The first-order chi connectivity index (χ1) is 19.1. The van der Waals surface area contributed by atoms with Gasteiger partial charge in [-0.1, -0.05) is 33.8 Å². The number of nitrogens with zero attached hydrogens (tertiary/aromatic N) is 4. The fourth-order valence-electron chi connectivity index (χ4n) is 5.77. The maximum Gasteiger partial charge on any atom is 0.305 e. The minimum Gasteiger partial charge on any atom is -0.481 e. The van der Waals surface area contributed by atoms with Crippen LogP contribution in [0.4, 0.5) is 8.78 Å². The van der Waals surface area contributed by atoms with E-state index in [0.717, 1.165) is 30.2 Å². The van der Waals surface area contributed by atoms with Gasteiger partial charge in [-0.15, -0.1) is 0 Å². The molecule has 2 atom stereocenters. The molecule has 41 heavy (non-hydrogen) atoms. The van der Waals surface area contributed by atoms with Crippen molar-refractivity contribution in [3.8, 4) is 11.3 Å². The van der Waals surface area contributed by atoms with E-state index in [-0.39, 0.29) is 48.3 Å². The minimum absolute atomic E-state index is 0.0380. The largest absolute Gasteiger partial charge is 0.481 e. The summed E-state index contributed by atoms with van der Waals surface area (Å²) >= 11 is 0. The monoisotopic (exact) mass is 590 g/mol. The molecule has 0 spiro atoms. The zero-order valence-electron chi connectivity index (χ0n) is 23.4. The predicted octanol–water partition coefficient (Wildman–Crippen LogP) is 4.36. The number of carbonyl (C=O) groups excluding carboxylic acids is 1. The van der Waals surface area contributed by atoms with Crippen LogP contribution in [0.1, 0.15) is 74.1 Å². The molecule has 3 aromatic rings. The van der Waals surface area contributed by atoms with Crippen molar-refractivity contribution in [2.45, 2.75) is 57.6 Å². The molecule has 4 rings (SSSR count). The standard InChI is InChI=1S/C28H32F2N4O6S/c1-6-28(15-34(11-10-23(35)36)26(37)21-13-40-22(31-21)14-41(5,38)39)25-17(16(2)27(28,3)4)12-20(32-33-25)24-18(29)8-7-9-19(24)30/h7-9,12-13,16H,6,10-11,14-15H2,1-5H3,(H,35,36)/t16-,28-/m0/s1. The molecule has 220 valence electrons. The number of carboxylic acids is 1. The average molecular weight is 591 g/mol. The van der Waals surface area contributed by atoms with Gasteiger partial charge in [0.15, 0.2) is 15.5 Å². The molecule has 13 heteroatoms. The normalized spacial score (nSPS) is 19.6. The highest BCUT2D eigenvalue weighted by molar-refractivity contribution is 7.89. The number of oxazole rings is 1. The van der Waals surface area contributed by atoms with Crippen molar-refractivity contribution in [3.63, 3.8) is 0 Å². The lowest BCUT2D eigenvalue weighted by Gasteiger charge is -2.45. The zero-order valence-corrected chi connectivity index (χ0v) is 24.3. The van der Waals surface area contributed by atoms with Gasteiger partial charge in [-0.05, 0) is 41.5 Å². The van der Waals surface area contributed by atoms with Crippen LogP contribution in [0.2, 0.25) is 0 Å². The summed E-state index contributed by atoms with van der Waals surface area (Å²) in [6.45, 7) is 7.79. The van der Waals surface area contributed by atoms with Crippen molar-refractivity contribution in [3.05, 3.63) is 65.0 Å². The van der Waals surface area contributed by atoms with Crippen LogP contribution in [0.3, 0.4) is 0 Å². The minimum atomic E-state index is -3.47. The quantitative estimate of drug-likeness (QED) is 0.364. The number of carboxylic acid groups (broad SMARTS) is 1. The Balaban J connectivity index is 1.78. The number of amides is 1. The molecule has 10 nitrogen and oxygen atoms in total. The van der Waals surface area contributed by atoms with Crippen LogP contribution in [0, 0.1) is 17.0 Å². The Labute approximate surface area is 236 Å². The summed E-state index contributed by atoms with van der Waals surface area (Å²) in [4.78, 5) is 30.5. The first-order valence-corrected chi connectivity index (χ1v) is 15.1. The fraction of sp³-hybridized carbons (Fsp3) is 0.464. The van der Waals surface area contributed by atoms with Crippen LogP contribution in [-0.4, -0.2) is 64.8 Å². The lowest BCUT2D eigenvalue weighted by Crippen LogP contribution is -2.51. The molecule has 0 saturated heterocycles. The number of hydrogen-bond acceptors (Lipinski definition) is 8. The van der Waals surface area contributed by atoms with Crippen LogP contribution in [-0.2, 0) is 25.8 Å². The molecule has 0 saturated carbocycles. The topological polar surface area (TPSA) is 144 Å². The van der Waals surface area contributed by atoms with Crippen molar-refractivity contribution in [2.24, 2.45) is 5.41 Å². The third kappa shape index (κ3) is 5.59. The average Bonchev–Trinajstić information content (AvgIpc) is 3.40. The number of aromatic nitrogens is 3. The summed E-state index contributed by atoms with van der Waals surface area (Å²) in [5.41, 5.74) is -0.478. The molecule has 1 aliphatic rings.